The SMILES string of the molecule is CCCC=CC=O.CCCCCC(CCC)C(=O)O. The van der Waals surface area contributed by atoms with Gasteiger partial charge in [0.05, 0.1) is 5.92 Å². The summed E-state index contributed by atoms with van der Waals surface area (Å²) in [5, 5.41) is 8.80. The van der Waals surface area contributed by atoms with Crippen LogP contribution in [-0.2, 0) is 9.59 Å². The highest BCUT2D eigenvalue weighted by Gasteiger charge is 2.14. The highest BCUT2D eigenvalue weighted by atomic mass is 16.4. The molecule has 0 saturated carbocycles. The molecule has 112 valence electrons. The summed E-state index contributed by atoms with van der Waals surface area (Å²) in [4.78, 5) is 20.3. The van der Waals surface area contributed by atoms with Crippen LogP contribution < -0.4 is 0 Å². The van der Waals surface area contributed by atoms with Crippen LogP contribution >= 0.6 is 0 Å². The topological polar surface area (TPSA) is 54.4 Å². The van der Waals surface area contributed by atoms with E-state index in [2.05, 4.69) is 13.8 Å². The van der Waals surface area contributed by atoms with Crippen LogP contribution in [0.25, 0.3) is 0 Å². The first kappa shape index (κ1) is 20.2. The molecule has 0 aliphatic heterocycles. The molecule has 0 amide bonds. The highest BCUT2D eigenvalue weighted by Crippen LogP contribution is 2.15. The fourth-order valence-corrected chi connectivity index (χ4v) is 1.70. The van der Waals surface area contributed by atoms with E-state index < -0.39 is 5.97 Å². The molecule has 1 unspecified atom stereocenters. The molecule has 1 N–H and O–H groups in total. The predicted molar refractivity (Wildman–Crippen MR) is 80.3 cm³/mol. The van der Waals surface area contributed by atoms with Crippen LogP contribution in [0.2, 0.25) is 0 Å². The Hall–Kier alpha value is -1.12. The molecule has 0 bridgehead atoms. The van der Waals surface area contributed by atoms with Crippen LogP contribution in [0.3, 0.4) is 0 Å². The minimum atomic E-state index is -0.618. The number of unbranched alkanes of at least 4 members (excludes halogenated alkanes) is 3. The molecule has 0 aliphatic carbocycles. The van der Waals surface area contributed by atoms with Crippen molar-refractivity contribution in [2.75, 3.05) is 0 Å². The van der Waals surface area contributed by atoms with E-state index in [4.69, 9.17) is 5.11 Å². The van der Waals surface area contributed by atoms with E-state index in [0.29, 0.717) is 0 Å². The van der Waals surface area contributed by atoms with Crippen LogP contribution in [0.4, 0.5) is 0 Å². The van der Waals surface area contributed by atoms with Gasteiger partial charge in [0.2, 0.25) is 0 Å². The van der Waals surface area contributed by atoms with Crippen molar-refractivity contribution in [1.82, 2.24) is 0 Å². The maximum atomic E-state index is 10.7. The lowest BCUT2D eigenvalue weighted by molar-refractivity contribution is -0.142. The molecule has 19 heavy (non-hydrogen) atoms. The van der Waals surface area contributed by atoms with Gasteiger partial charge in [0.1, 0.15) is 6.29 Å². The van der Waals surface area contributed by atoms with E-state index in [9.17, 15) is 9.59 Å². The van der Waals surface area contributed by atoms with Gasteiger partial charge in [-0.2, -0.15) is 0 Å². The van der Waals surface area contributed by atoms with Crippen molar-refractivity contribution in [2.45, 2.75) is 72.1 Å². The lowest BCUT2D eigenvalue weighted by atomic mass is 9.97. The molecule has 0 aliphatic rings. The molecule has 3 heteroatoms. The number of aliphatic carboxylic acids is 1. The number of hydrogen-bond acceptors (Lipinski definition) is 2. The largest absolute Gasteiger partial charge is 0.481 e. The summed E-state index contributed by atoms with van der Waals surface area (Å²) in [5.74, 6) is -0.713. The van der Waals surface area contributed by atoms with Crippen molar-refractivity contribution in [3.63, 3.8) is 0 Å². The number of aldehydes is 1. The molecule has 1 atom stereocenters. The smallest absolute Gasteiger partial charge is 0.306 e. The number of carbonyl (C=O) groups excluding carboxylic acids is 1. The first-order chi connectivity index (χ1) is 9.13. The third kappa shape index (κ3) is 16.9. The second-order valence-electron chi connectivity index (χ2n) is 4.67. The van der Waals surface area contributed by atoms with Gasteiger partial charge in [-0.15, -0.1) is 0 Å². The number of allylic oxidation sites excluding steroid dienone is 2. The molecule has 0 rings (SSSR count). The summed E-state index contributed by atoms with van der Waals surface area (Å²) in [6.07, 6.45) is 12.4. The van der Waals surface area contributed by atoms with E-state index in [1.54, 1.807) is 0 Å². The number of carboxylic acids is 1. The van der Waals surface area contributed by atoms with E-state index in [0.717, 1.165) is 51.2 Å². The fraction of sp³-hybridized carbons (Fsp3) is 0.750. The summed E-state index contributed by atoms with van der Waals surface area (Å²) in [7, 11) is 0. The average molecular weight is 270 g/mol. The Bertz CT molecular complexity index is 234. The van der Waals surface area contributed by atoms with Gasteiger partial charge in [-0.3, -0.25) is 9.59 Å². The molecule has 0 aromatic rings. The molecular weight excluding hydrogens is 240 g/mol. The first-order valence-corrected chi connectivity index (χ1v) is 7.46. The number of carboxylic acid groups (broad SMARTS) is 1. The highest BCUT2D eigenvalue weighted by molar-refractivity contribution is 5.69. The molecule has 0 aromatic heterocycles. The number of hydrogen-bond donors (Lipinski definition) is 1. The minimum absolute atomic E-state index is 0.0958. The summed E-state index contributed by atoms with van der Waals surface area (Å²) in [5.41, 5.74) is 0. The molecule has 0 spiro atoms. The van der Waals surface area contributed by atoms with E-state index in [1.807, 2.05) is 13.0 Å². The van der Waals surface area contributed by atoms with Crippen molar-refractivity contribution in [2.24, 2.45) is 5.92 Å². The van der Waals surface area contributed by atoms with Gasteiger partial charge in [-0.05, 0) is 25.3 Å². The Morgan fingerprint density at radius 1 is 1.05 bits per heavy atom. The molecule has 0 saturated heterocycles. The van der Waals surface area contributed by atoms with E-state index >= 15 is 0 Å². The van der Waals surface area contributed by atoms with Gasteiger partial charge in [0.25, 0.3) is 0 Å². The predicted octanol–water partition coefficient (Wildman–Crippen LogP) is 4.61. The summed E-state index contributed by atoms with van der Waals surface area (Å²) >= 11 is 0. The first-order valence-electron chi connectivity index (χ1n) is 7.46. The Morgan fingerprint density at radius 2 is 1.74 bits per heavy atom. The van der Waals surface area contributed by atoms with Crippen LogP contribution in [-0.4, -0.2) is 17.4 Å². The molecule has 3 nitrogen and oxygen atoms in total. The van der Waals surface area contributed by atoms with Crippen molar-refractivity contribution in [3.8, 4) is 0 Å². The van der Waals surface area contributed by atoms with Crippen LogP contribution in [0, 0.1) is 5.92 Å². The fourth-order valence-electron chi connectivity index (χ4n) is 1.70. The monoisotopic (exact) mass is 270 g/mol. The van der Waals surface area contributed by atoms with Gasteiger partial charge in [-0.25, -0.2) is 0 Å². The summed E-state index contributed by atoms with van der Waals surface area (Å²) in [6.45, 7) is 6.25. The Labute approximate surface area is 118 Å². The number of carbonyl (C=O) groups is 2. The van der Waals surface area contributed by atoms with Gasteiger partial charge >= 0.3 is 5.97 Å². The van der Waals surface area contributed by atoms with Gasteiger partial charge in [-0.1, -0.05) is 59.0 Å². The van der Waals surface area contributed by atoms with Crippen molar-refractivity contribution >= 4 is 12.3 Å². The van der Waals surface area contributed by atoms with Crippen LogP contribution in [0.1, 0.15) is 72.1 Å². The van der Waals surface area contributed by atoms with E-state index in [1.165, 1.54) is 12.5 Å². The third-order valence-electron chi connectivity index (χ3n) is 2.81. The normalized spacial score (nSPS) is 11.7. The molecule has 0 heterocycles. The van der Waals surface area contributed by atoms with Crippen molar-refractivity contribution < 1.29 is 14.7 Å². The summed E-state index contributed by atoms with van der Waals surface area (Å²) in [6, 6.07) is 0. The van der Waals surface area contributed by atoms with E-state index in [-0.39, 0.29) is 5.92 Å². The van der Waals surface area contributed by atoms with Crippen molar-refractivity contribution in [1.29, 1.82) is 0 Å². The Kier molecular flexibility index (Phi) is 17.9. The Balaban J connectivity index is 0. The molecule has 0 fully saturated rings. The molecular formula is C16H30O3. The quantitative estimate of drug-likeness (QED) is 0.358. The summed E-state index contributed by atoms with van der Waals surface area (Å²) < 4.78 is 0. The average Bonchev–Trinajstić information content (AvgIpc) is 2.39. The van der Waals surface area contributed by atoms with Gasteiger partial charge in [0, 0.05) is 0 Å². The zero-order chi connectivity index (χ0) is 14.9. The Morgan fingerprint density at radius 3 is 2.16 bits per heavy atom. The maximum absolute atomic E-state index is 10.7. The molecule has 0 radical (unpaired) electrons. The standard InChI is InChI=1S/C10H20O2.C6H10O/c1-3-5-6-8-9(7-4-2)10(11)12;1-2-3-4-5-6-7/h9H,3-8H2,1-2H3,(H,11,12);4-6H,2-3H2,1H3. The molecule has 0 aromatic carbocycles. The second kappa shape index (κ2) is 16.9. The lowest BCUT2D eigenvalue weighted by Crippen LogP contribution is -2.13. The minimum Gasteiger partial charge on any atom is -0.481 e. The van der Waals surface area contributed by atoms with Crippen LogP contribution in [0.5, 0.6) is 0 Å². The third-order valence-corrected chi connectivity index (χ3v) is 2.81. The second-order valence-corrected chi connectivity index (χ2v) is 4.67. The maximum Gasteiger partial charge on any atom is 0.306 e. The zero-order valence-corrected chi connectivity index (χ0v) is 12.7. The zero-order valence-electron chi connectivity index (χ0n) is 12.7. The van der Waals surface area contributed by atoms with Gasteiger partial charge in [0.15, 0.2) is 0 Å². The lowest BCUT2D eigenvalue weighted by Gasteiger charge is -2.09. The number of rotatable bonds is 10. The van der Waals surface area contributed by atoms with Crippen LogP contribution in [0.15, 0.2) is 12.2 Å². The van der Waals surface area contributed by atoms with Gasteiger partial charge < -0.3 is 5.11 Å². The van der Waals surface area contributed by atoms with Crippen molar-refractivity contribution in [3.05, 3.63) is 12.2 Å².